The molecular formula is C15H13ClFN3O. The number of nitrogens with zero attached hydrogens (tertiary/aromatic N) is 3. The first-order valence-corrected chi connectivity index (χ1v) is 6.92. The molecule has 0 atom stereocenters. The molecule has 3 aromatic rings. The van der Waals surface area contributed by atoms with Crippen LogP contribution in [0.5, 0.6) is 5.88 Å². The number of methoxy groups -OCH3 is 1. The van der Waals surface area contributed by atoms with E-state index in [1.54, 1.807) is 22.8 Å². The molecule has 0 N–H and O–H groups in total. The van der Waals surface area contributed by atoms with Crippen LogP contribution in [0.15, 0.2) is 30.3 Å². The highest BCUT2D eigenvalue weighted by atomic mass is 35.5. The summed E-state index contributed by atoms with van der Waals surface area (Å²) in [5, 5.41) is 0. The van der Waals surface area contributed by atoms with Crippen molar-refractivity contribution in [3.8, 4) is 11.6 Å². The van der Waals surface area contributed by atoms with Gasteiger partial charge in [-0.1, -0.05) is 6.07 Å². The van der Waals surface area contributed by atoms with E-state index in [0.29, 0.717) is 28.6 Å². The molecule has 0 aliphatic carbocycles. The number of pyridine rings is 1. The molecule has 2 heterocycles. The number of halogens is 2. The Hall–Kier alpha value is -2.14. The van der Waals surface area contributed by atoms with Crippen LogP contribution in [-0.2, 0) is 5.88 Å². The van der Waals surface area contributed by atoms with Crippen LogP contribution in [0.1, 0.15) is 11.4 Å². The lowest BCUT2D eigenvalue weighted by Crippen LogP contribution is -2.03. The van der Waals surface area contributed by atoms with Gasteiger partial charge in [0.05, 0.1) is 18.7 Å². The molecule has 0 saturated carbocycles. The second-order valence-corrected chi connectivity index (χ2v) is 4.92. The first-order chi connectivity index (χ1) is 10.1. The molecule has 1 aromatic carbocycles. The number of hydrogen-bond donors (Lipinski definition) is 0. The van der Waals surface area contributed by atoms with E-state index in [9.17, 15) is 4.39 Å². The van der Waals surface area contributed by atoms with Crippen LogP contribution in [0.4, 0.5) is 4.39 Å². The van der Waals surface area contributed by atoms with Crippen LogP contribution < -0.4 is 4.74 Å². The molecule has 0 spiro atoms. The van der Waals surface area contributed by atoms with Crippen molar-refractivity contribution in [2.45, 2.75) is 12.8 Å². The first-order valence-electron chi connectivity index (χ1n) is 6.39. The van der Waals surface area contributed by atoms with E-state index >= 15 is 0 Å². The van der Waals surface area contributed by atoms with Crippen LogP contribution in [0.25, 0.3) is 16.9 Å². The van der Waals surface area contributed by atoms with Crippen molar-refractivity contribution < 1.29 is 9.13 Å². The summed E-state index contributed by atoms with van der Waals surface area (Å²) in [4.78, 5) is 8.75. The highest BCUT2D eigenvalue weighted by Crippen LogP contribution is 2.25. The largest absolute Gasteiger partial charge is 0.481 e. The van der Waals surface area contributed by atoms with Crippen molar-refractivity contribution in [2.24, 2.45) is 0 Å². The molecule has 21 heavy (non-hydrogen) atoms. The summed E-state index contributed by atoms with van der Waals surface area (Å²) in [6.45, 7) is 1.84. The smallest absolute Gasteiger partial charge is 0.215 e. The number of hydrogen-bond acceptors (Lipinski definition) is 3. The molecule has 3 rings (SSSR count). The van der Waals surface area contributed by atoms with Gasteiger partial charge >= 0.3 is 0 Å². The fourth-order valence-corrected chi connectivity index (χ4v) is 2.42. The zero-order valence-corrected chi connectivity index (χ0v) is 12.4. The van der Waals surface area contributed by atoms with E-state index in [-0.39, 0.29) is 11.7 Å². The number of ether oxygens (including phenoxy) is 1. The Morgan fingerprint density at radius 2 is 2.05 bits per heavy atom. The van der Waals surface area contributed by atoms with Gasteiger partial charge in [-0.3, -0.25) is 4.57 Å². The Labute approximate surface area is 126 Å². The van der Waals surface area contributed by atoms with Gasteiger partial charge in [0.25, 0.3) is 0 Å². The summed E-state index contributed by atoms with van der Waals surface area (Å²) in [5.41, 5.74) is 2.39. The summed E-state index contributed by atoms with van der Waals surface area (Å²) in [6, 6.07) is 8.49. The SMILES string of the molecule is COc1ccc2nc(CCl)n(-c3ccc(C)cc3F)c2n1. The molecule has 0 aliphatic rings. The lowest BCUT2D eigenvalue weighted by Gasteiger charge is -2.09. The van der Waals surface area contributed by atoms with E-state index in [1.165, 1.54) is 13.2 Å². The third kappa shape index (κ3) is 2.34. The van der Waals surface area contributed by atoms with Gasteiger partial charge < -0.3 is 4.74 Å². The highest BCUT2D eigenvalue weighted by molar-refractivity contribution is 6.16. The second kappa shape index (κ2) is 5.33. The molecule has 108 valence electrons. The number of imidazole rings is 1. The Bertz CT molecular complexity index is 816. The van der Waals surface area contributed by atoms with Gasteiger partial charge in [-0.25, -0.2) is 9.37 Å². The molecule has 0 radical (unpaired) electrons. The minimum atomic E-state index is -0.342. The van der Waals surface area contributed by atoms with E-state index in [1.807, 2.05) is 13.0 Å². The van der Waals surface area contributed by atoms with Crippen LogP contribution in [-0.4, -0.2) is 21.6 Å². The van der Waals surface area contributed by atoms with Gasteiger partial charge in [-0.05, 0) is 30.7 Å². The Kier molecular flexibility index (Phi) is 3.51. The average molecular weight is 306 g/mol. The fraction of sp³-hybridized carbons (Fsp3) is 0.200. The topological polar surface area (TPSA) is 39.9 Å². The standard InChI is InChI=1S/C15H13ClFN3O/c1-9-3-5-12(10(17)7-9)20-13(8-16)18-11-4-6-14(21-2)19-15(11)20/h3-7H,8H2,1-2H3. The predicted octanol–water partition coefficient (Wildman–Crippen LogP) is 3.62. The zero-order valence-electron chi connectivity index (χ0n) is 11.6. The van der Waals surface area contributed by atoms with Gasteiger partial charge in [-0.15, -0.1) is 11.6 Å². The molecule has 4 nitrogen and oxygen atoms in total. The number of fused-ring (bicyclic) bond motifs is 1. The van der Waals surface area contributed by atoms with Crippen molar-refractivity contribution in [1.82, 2.24) is 14.5 Å². The van der Waals surface area contributed by atoms with Gasteiger partial charge in [-0.2, -0.15) is 4.98 Å². The van der Waals surface area contributed by atoms with E-state index < -0.39 is 0 Å². The molecule has 6 heteroatoms. The number of aryl methyl sites for hydroxylation is 1. The monoisotopic (exact) mass is 305 g/mol. The molecule has 0 fully saturated rings. The minimum Gasteiger partial charge on any atom is -0.481 e. The molecule has 0 amide bonds. The Balaban J connectivity index is 2.33. The second-order valence-electron chi connectivity index (χ2n) is 4.65. The summed E-state index contributed by atoms with van der Waals surface area (Å²) >= 11 is 5.95. The quantitative estimate of drug-likeness (QED) is 0.694. The average Bonchev–Trinajstić information content (AvgIpc) is 2.84. The number of benzene rings is 1. The lowest BCUT2D eigenvalue weighted by molar-refractivity contribution is 0.399. The number of aromatic nitrogens is 3. The minimum absolute atomic E-state index is 0.159. The van der Waals surface area contributed by atoms with Crippen LogP contribution in [0.2, 0.25) is 0 Å². The van der Waals surface area contributed by atoms with Crippen molar-refractivity contribution in [2.75, 3.05) is 7.11 Å². The summed E-state index contributed by atoms with van der Waals surface area (Å²) < 4.78 is 21.0. The predicted molar refractivity (Wildman–Crippen MR) is 79.7 cm³/mol. The van der Waals surface area contributed by atoms with Crippen molar-refractivity contribution in [3.05, 3.63) is 47.5 Å². The first kappa shape index (κ1) is 13.8. The van der Waals surface area contributed by atoms with E-state index in [4.69, 9.17) is 16.3 Å². The van der Waals surface area contributed by atoms with Gasteiger partial charge in [0.2, 0.25) is 5.88 Å². The molecular weight excluding hydrogens is 293 g/mol. The molecule has 0 unspecified atom stereocenters. The molecule has 0 aliphatic heterocycles. The summed E-state index contributed by atoms with van der Waals surface area (Å²) in [6.07, 6.45) is 0. The fourth-order valence-electron chi connectivity index (χ4n) is 2.24. The van der Waals surface area contributed by atoms with Crippen molar-refractivity contribution >= 4 is 22.8 Å². The van der Waals surface area contributed by atoms with Gasteiger partial charge in [0.1, 0.15) is 17.2 Å². The maximum atomic E-state index is 14.3. The third-order valence-corrected chi connectivity index (χ3v) is 3.46. The number of rotatable bonds is 3. The molecule has 0 bridgehead atoms. The Morgan fingerprint density at radius 1 is 1.24 bits per heavy atom. The maximum absolute atomic E-state index is 14.3. The maximum Gasteiger partial charge on any atom is 0.215 e. The van der Waals surface area contributed by atoms with Crippen LogP contribution in [0.3, 0.4) is 0 Å². The molecule has 0 saturated heterocycles. The van der Waals surface area contributed by atoms with Crippen molar-refractivity contribution in [3.63, 3.8) is 0 Å². The third-order valence-electron chi connectivity index (χ3n) is 3.22. The van der Waals surface area contributed by atoms with E-state index in [2.05, 4.69) is 9.97 Å². The summed E-state index contributed by atoms with van der Waals surface area (Å²) in [7, 11) is 1.53. The lowest BCUT2D eigenvalue weighted by atomic mass is 10.2. The summed E-state index contributed by atoms with van der Waals surface area (Å²) in [5.74, 6) is 0.796. The van der Waals surface area contributed by atoms with Crippen molar-refractivity contribution in [1.29, 1.82) is 0 Å². The normalized spacial score (nSPS) is 11.0. The van der Waals surface area contributed by atoms with Crippen LogP contribution >= 0.6 is 11.6 Å². The molecule has 2 aromatic heterocycles. The number of alkyl halides is 1. The van der Waals surface area contributed by atoms with Gasteiger partial charge in [0, 0.05) is 6.07 Å². The zero-order chi connectivity index (χ0) is 15.0. The van der Waals surface area contributed by atoms with E-state index in [0.717, 1.165) is 5.56 Å². The highest BCUT2D eigenvalue weighted by Gasteiger charge is 2.16. The Morgan fingerprint density at radius 3 is 2.71 bits per heavy atom. The van der Waals surface area contributed by atoms with Crippen LogP contribution in [0, 0.1) is 12.7 Å². The van der Waals surface area contributed by atoms with Gasteiger partial charge in [0.15, 0.2) is 5.65 Å².